The Bertz CT molecular complexity index is 317. The highest BCUT2D eigenvalue weighted by molar-refractivity contribution is 9.10. The van der Waals surface area contributed by atoms with E-state index >= 15 is 0 Å². The van der Waals surface area contributed by atoms with Crippen molar-refractivity contribution in [2.75, 3.05) is 0 Å². The molecule has 70 valence electrons. The summed E-state index contributed by atoms with van der Waals surface area (Å²) in [7, 11) is 0. The van der Waals surface area contributed by atoms with E-state index in [1.165, 1.54) is 17.3 Å². The molecule has 0 nitrogen and oxygen atoms in total. The van der Waals surface area contributed by atoms with Crippen LogP contribution >= 0.6 is 15.9 Å². The Morgan fingerprint density at radius 3 is 2.54 bits per heavy atom. The zero-order valence-corrected chi connectivity index (χ0v) is 9.76. The molecule has 0 spiro atoms. The summed E-state index contributed by atoms with van der Waals surface area (Å²) in [6.07, 6.45) is 2.67. The maximum absolute atomic E-state index is 3.65. The molecule has 1 aliphatic rings. The van der Waals surface area contributed by atoms with E-state index in [4.69, 9.17) is 0 Å². The van der Waals surface area contributed by atoms with E-state index in [-0.39, 0.29) is 0 Å². The third kappa shape index (κ3) is 1.54. The molecule has 0 heterocycles. The lowest BCUT2D eigenvalue weighted by molar-refractivity contribution is 0.525. The van der Waals surface area contributed by atoms with E-state index in [1.807, 2.05) is 0 Å². The zero-order chi connectivity index (χ0) is 9.42. The van der Waals surface area contributed by atoms with Crippen molar-refractivity contribution >= 4 is 15.9 Å². The molecular formula is C12H15Br. The second-order valence-electron chi connectivity index (χ2n) is 4.12. The van der Waals surface area contributed by atoms with Gasteiger partial charge in [0.05, 0.1) is 0 Å². The van der Waals surface area contributed by atoms with E-state index in [2.05, 4.69) is 48.0 Å². The van der Waals surface area contributed by atoms with Crippen molar-refractivity contribution < 1.29 is 0 Å². The molecule has 0 aliphatic heterocycles. The van der Waals surface area contributed by atoms with Crippen molar-refractivity contribution in [3.63, 3.8) is 0 Å². The molecule has 2 rings (SSSR count). The van der Waals surface area contributed by atoms with Crippen LogP contribution in [-0.2, 0) is 0 Å². The van der Waals surface area contributed by atoms with Crippen molar-refractivity contribution in [1.29, 1.82) is 0 Å². The first-order chi connectivity index (χ1) is 6.20. The molecule has 2 atom stereocenters. The van der Waals surface area contributed by atoms with Gasteiger partial charge in [-0.1, -0.05) is 41.9 Å². The second kappa shape index (κ2) is 3.45. The highest BCUT2D eigenvalue weighted by Crippen LogP contribution is 2.41. The standard InChI is InChI=1S/C12H15Br/c1-8-6-7-9(2)12-10(8)4-3-5-11(12)13/h3-5,8-9H,6-7H2,1-2H3. The molecule has 2 unspecified atom stereocenters. The number of hydrogen-bond donors (Lipinski definition) is 0. The Kier molecular flexibility index (Phi) is 2.46. The fraction of sp³-hybridized carbons (Fsp3) is 0.500. The van der Waals surface area contributed by atoms with Crippen LogP contribution in [0.15, 0.2) is 22.7 Å². The number of halogens is 1. The predicted octanol–water partition coefficient (Wildman–Crippen LogP) is 4.45. The summed E-state index contributed by atoms with van der Waals surface area (Å²) < 4.78 is 1.30. The molecule has 0 fully saturated rings. The summed E-state index contributed by atoms with van der Waals surface area (Å²) in [5, 5.41) is 0. The van der Waals surface area contributed by atoms with E-state index in [9.17, 15) is 0 Å². The van der Waals surface area contributed by atoms with E-state index < -0.39 is 0 Å². The largest absolute Gasteiger partial charge is 0.0608 e. The van der Waals surface area contributed by atoms with Gasteiger partial charge in [0, 0.05) is 4.47 Å². The summed E-state index contributed by atoms with van der Waals surface area (Å²) in [5.41, 5.74) is 3.09. The highest BCUT2D eigenvalue weighted by atomic mass is 79.9. The molecule has 0 N–H and O–H groups in total. The van der Waals surface area contributed by atoms with Crippen LogP contribution in [0.5, 0.6) is 0 Å². The lowest BCUT2D eigenvalue weighted by atomic mass is 9.78. The predicted molar refractivity (Wildman–Crippen MR) is 60.2 cm³/mol. The fourth-order valence-electron chi connectivity index (χ4n) is 2.30. The van der Waals surface area contributed by atoms with Gasteiger partial charge in [-0.05, 0) is 41.9 Å². The molecule has 1 heteroatoms. The van der Waals surface area contributed by atoms with Crippen LogP contribution < -0.4 is 0 Å². The lowest BCUT2D eigenvalue weighted by Crippen LogP contribution is -2.10. The fourth-order valence-corrected chi connectivity index (χ4v) is 3.08. The first-order valence-electron chi connectivity index (χ1n) is 4.98. The number of fused-ring (bicyclic) bond motifs is 1. The van der Waals surface area contributed by atoms with Crippen molar-refractivity contribution in [2.45, 2.75) is 38.5 Å². The molecule has 0 saturated heterocycles. The molecule has 0 amide bonds. The van der Waals surface area contributed by atoms with Gasteiger partial charge in [0.1, 0.15) is 0 Å². The minimum absolute atomic E-state index is 0.724. The average molecular weight is 239 g/mol. The topological polar surface area (TPSA) is 0 Å². The van der Waals surface area contributed by atoms with Gasteiger partial charge >= 0.3 is 0 Å². The van der Waals surface area contributed by atoms with Crippen LogP contribution in [0.3, 0.4) is 0 Å². The molecule has 0 radical (unpaired) electrons. The van der Waals surface area contributed by atoms with Gasteiger partial charge < -0.3 is 0 Å². The summed E-state index contributed by atoms with van der Waals surface area (Å²) in [6.45, 7) is 4.66. The first kappa shape index (κ1) is 9.26. The first-order valence-corrected chi connectivity index (χ1v) is 5.77. The monoisotopic (exact) mass is 238 g/mol. The van der Waals surface area contributed by atoms with Gasteiger partial charge in [-0.25, -0.2) is 0 Å². The van der Waals surface area contributed by atoms with Crippen LogP contribution in [0.4, 0.5) is 0 Å². The maximum atomic E-state index is 3.65. The normalized spacial score (nSPS) is 27.0. The quantitative estimate of drug-likeness (QED) is 0.627. The van der Waals surface area contributed by atoms with E-state index in [0.29, 0.717) is 0 Å². The number of rotatable bonds is 0. The van der Waals surface area contributed by atoms with Crippen molar-refractivity contribution in [1.82, 2.24) is 0 Å². The molecule has 0 saturated carbocycles. The van der Waals surface area contributed by atoms with Gasteiger partial charge in [0.2, 0.25) is 0 Å². The van der Waals surface area contributed by atoms with E-state index in [0.717, 1.165) is 11.8 Å². The molecule has 0 bridgehead atoms. The zero-order valence-electron chi connectivity index (χ0n) is 8.18. The number of benzene rings is 1. The molecule has 1 aromatic carbocycles. The molecule has 1 aromatic rings. The average Bonchev–Trinajstić information content (AvgIpc) is 2.12. The lowest BCUT2D eigenvalue weighted by Gasteiger charge is -2.28. The molecule has 0 aromatic heterocycles. The Morgan fingerprint density at radius 2 is 1.85 bits per heavy atom. The summed E-state index contributed by atoms with van der Waals surface area (Å²) in [5.74, 6) is 1.46. The van der Waals surface area contributed by atoms with Crippen molar-refractivity contribution in [2.24, 2.45) is 0 Å². The Hall–Kier alpha value is -0.300. The van der Waals surface area contributed by atoms with Crippen LogP contribution in [0.1, 0.15) is 49.7 Å². The summed E-state index contributed by atoms with van der Waals surface area (Å²) in [6, 6.07) is 6.59. The van der Waals surface area contributed by atoms with Crippen molar-refractivity contribution in [3.8, 4) is 0 Å². The Balaban J connectivity index is 2.56. The van der Waals surface area contributed by atoms with Crippen LogP contribution in [0.25, 0.3) is 0 Å². The third-order valence-corrected chi connectivity index (χ3v) is 3.83. The molecular weight excluding hydrogens is 224 g/mol. The van der Waals surface area contributed by atoms with Gasteiger partial charge in [0.15, 0.2) is 0 Å². The minimum atomic E-state index is 0.724. The van der Waals surface area contributed by atoms with Gasteiger partial charge in [-0.15, -0.1) is 0 Å². The Labute approximate surface area is 88.5 Å². The van der Waals surface area contributed by atoms with Gasteiger partial charge in [0.25, 0.3) is 0 Å². The van der Waals surface area contributed by atoms with Gasteiger partial charge in [-0.3, -0.25) is 0 Å². The molecule has 1 aliphatic carbocycles. The van der Waals surface area contributed by atoms with Crippen LogP contribution in [0, 0.1) is 0 Å². The minimum Gasteiger partial charge on any atom is -0.0608 e. The SMILES string of the molecule is CC1CCC(C)c2c(Br)cccc21. The smallest absolute Gasteiger partial charge is 0.0212 e. The van der Waals surface area contributed by atoms with Gasteiger partial charge in [-0.2, -0.15) is 0 Å². The summed E-state index contributed by atoms with van der Waals surface area (Å²) >= 11 is 3.65. The second-order valence-corrected chi connectivity index (χ2v) is 4.98. The Morgan fingerprint density at radius 1 is 1.15 bits per heavy atom. The van der Waals surface area contributed by atoms with Crippen molar-refractivity contribution in [3.05, 3.63) is 33.8 Å². The highest BCUT2D eigenvalue weighted by Gasteiger charge is 2.23. The summed E-state index contributed by atoms with van der Waals surface area (Å²) in [4.78, 5) is 0. The third-order valence-electron chi connectivity index (χ3n) is 3.14. The van der Waals surface area contributed by atoms with Crippen LogP contribution in [-0.4, -0.2) is 0 Å². The van der Waals surface area contributed by atoms with Crippen LogP contribution in [0.2, 0.25) is 0 Å². The maximum Gasteiger partial charge on any atom is 0.0212 e. The van der Waals surface area contributed by atoms with E-state index in [1.54, 1.807) is 11.1 Å². The number of hydrogen-bond acceptors (Lipinski definition) is 0. The molecule has 13 heavy (non-hydrogen) atoms.